The van der Waals surface area contributed by atoms with E-state index in [1.54, 1.807) is 4.68 Å². The number of nitriles is 1. The third-order valence-corrected chi connectivity index (χ3v) is 5.16. The Labute approximate surface area is 165 Å². The maximum atomic E-state index is 9.41. The first-order chi connectivity index (χ1) is 13.7. The Morgan fingerprint density at radius 2 is 1.82 bits per heavy atom. The van der Waals surface area contributed by atoms with Gasteiger partial charge in [-0.2, -0.15) is 10.4 Å². The van der Waals surface area contributed by atoms with Gasteiger partial charge in [-0.15, -0.1) is 0 Å². The third-order valence-electron chi connectivity index (χ3n) is 5.16. The summed E-state index contributed by atoms with van der Waals surface area (Å²) in [5, 5.41) is 20.4. The molecular weight excluding hydrogens is 348 g/mol. The fourth-order valence-corrected chi connectivity index (χ4v) is 3.63. The molecule has 4 rings (SSSR count). The standard InChI is InChI=1S/C22H24N6/c1-28-15-18(14-24-28)16-7-10-20(11-8-16)25-21-12-9-17(13-23)22(27-21)26-19-5-3-2-4-6-19/h7-12,14-15,19H,2-6H2,1H3,(H2,25,26,27). The van der Waals surface area contributed by atoms with Crippen LogP contribution in [0.5, 0.6) is 0 Å². The van der Waals surface area contributed by atoms with Gasteiger partial charge >= 0.3 is 0 Å². The highest BCUT2D eigenvalue weighted by molar-refractivity contribution is 5.67. The number of aryl methyl sites for hydroxylation is 1. The molecule has 2 aromatic heterocycles. The zero-order valence-electron chi connectivity index (χ0n) is 16.0. The Morgan fingerprint density at radius 1 is 1.04 bits per heavy atom. The quantitative estimate of drug-likeness (QED) is 0.670. The van der Waals surface area contributed by atoms with Crippen LogP contribution in [0, 0.1) is 11.3 Å². The smallest absolute Gasteiger partial charge is 0.146 e. The third kappa shape index (κ3) is 4.15. The lowest BCUT2D eigenvalue weighted by Crippen LogP contribution is -2.23. The highest BCUT2D eigenvalue weighted by atomic mass is 15.2. The Balaban J connectivity index is 1.49. The van der Waals surface area contributed by atoms with Crippen molar-refractivity contribution in [1.82, 2.24) is 14.8 Å². The average Bonchev–Trinajstić information content (AvgIpc) is 3.16. The SMILES string of the molecule is Cn1cc(-c2ccc(Nc3ccc(C#N)c(NC4CCCCC4)n3)cc2)cn1. The number of aromatic nitrogens is 3. The van der Waals surface area contributed by atoms with Crippen molar-refractivity contribution in [1.29, 1.82) is 5.26 Å². The van der Waals surface area contributed by atoms with E-state index >= 15 is 0 Å². The van der Waals surface area contributed by atoms with E-state index < -0.39 is 0 Å². The van der Waals surface area contributed by atoms with Crippen LogP contribution in [0.1, 0.15) is 37.7 Å². The first kappa shape index (κ1) is 18.1. The van der Waals surface area contributed by atoms with Crippen LogP contribution in [-0.2, 0) is 7.05 Å². The molecule has 3 aromatic rings. The van der Waals surface area contributed by atoms with Gasteiger partial charge in [-0.05, 0) is 42.7 Å². The van der Waals surface area contributed by atoms with Crippen LogP contribution in [0.4, 0.5) is 17.3 Å². The van der Waals surface area contributed by atoms with E-state index in [4.69, 9.17) is 0 Å². The maximum absolute atomic E-state index is 9.41. The largest absolute Gasteiger partial charge is 0.366 e. The first-order valence-electron chi connectivity index (χ1n) is 9.75. The molecule has 0 amide bonds. The average molecular weight is 372 g/mol. The van der Waals surface area contributed by atoms with Gasteiger partial charge in [-0.25, -0.2) is 4.98 Å². The molecule has 6 nitrogen and oxygen atoms in total. The molecule has 28 heavy (non-hydrogen) atoms. The molecule has 0 bridgehead atoms. The van der Waals surface area contributed by atoms with Crippen molar-refractivity contribution in [3.63, 3.8) is 0 Å². The molecule has 0 aliphatic heterocycles. The van der Waals surface area contributed by atoms with Gasteiger partial charge in [0.15, 0.2) is 0 Å². The Bertz CT molecular complexity index is 977. The molecular formula is C22H24N6. The van der Waals surface area contributed by atoms with E-state index in [-0.39, 0.29) is 0 Å². The molecule has 142 valence electrons. The lowest BCUT2D eigenvalue weighted by Gasteiger charge is -2.24. The van der Waals surface area contributed by atoms with Crippen molar-refractivity contribution in [2.24, 2.45) is 7.05 Å². The van der Waals surface area contributed by atoms with Gasteiger partial charge in [-0.3, -0.25) is 4.68 Å². The molecule has 1 saturated carbocycles. The topological polar surface area (TPSA) is 78.6 Å². The molecule has 1 aromatic carbocycles. The fourth-order valence-electron chi connectivity index (χ4n) is 3.63. The molecule has 0 radical (unpaired) electrons. The van der Waals surface area contributed by atoms with E-state index in [1.807, 2.05) is 43.7 Å². The molecule has 0 spiro atoms. The van der Waals surface area contributed by atoms with E-state index in [9.17, 15) is 5.26 Å². The Hall–Kier alpha value is -3.33. The molecule has 0 atom stereocenters. The normalized spacial score (nSPS) is 14.4. The summed E-state index contributed by atoms with van der Waals surface area (Å²) in [6.45, 7) is 0. The Kier molecular flexibility index (Phi) is 5.24. The summed E-state index contributed by atoms with van der Waals surface area (Å²) in [6, 6.07) is 14.5. The van der Waals surface area contributed by atoms with Crippen molar-refractivity contribution < 1.29 is 0 Å². The van der Waals surface area contributed by atoms with Crippen LogP contribution < -0.4 is 10.6 Å². The van der Waals surface area contributed by atoms with Gasteiger partial charge < -0.3 is 10.6 Å². The van der Waals surface area contributed by atoms with Crippen molar-refractivity contribution >= 4 is 17.3 Å². The number of benzene rings is 1. The van der Waals surface area contributed by atoms with Crippen LogP contribution in [-0.4, -0.2) is 20.8 Å². The second-order valence-electron chi connectivity index (χ2n) is 7.29. The van der Waals surface area contributed by atoms with E-state index in [2.05, 4.69) is 38.9 Å². The fraction of sp³-hybridized carbons (Fsp3) is 0.318. The van der Waals surface area contributed by atoms with Crippen molar-refractivity contribution in [3.05, 3.63) is 54.4 Å². The van der Waals surface area contributed by atoms with Crippen LogP contribution in [0.15, 0.2) is 48.8 Å². The minimum atomic E-state index is 0.405. The number of pyridine rings is 1. The zero-order valence-corrected chi connectivity index (χ0v) is 16.0. The number of anilines is 3. The van der Waals surface area contributed by atoms with Crippen LogP contribution in [0.25, 0.3) is 11.1 Å². The highest BCUT2D eigenvalue weighted by Crippen LogP contribution is 2.26. The molecule has 0 saturated heterocycles. The van der Waals surface area contributed by atoms with Crippen molar-refractivity contribution in [2.45, 2.75) is 38.1 Å². The van der Waals surface area contributed by atoms with E-state index in [1.165, 1.54) is 19.3 Å². The lowest BCUT2D eigenvalue weighted by molar-refractivity contribution is 0.462. The maximum Gasteiger partial charge on any atom is 0.146 e. The van der Waals surface area contributed by atoms with Gasteiger partial charge in [0.1, 0.15) is 17.7 Å². The predicted molar refractivity (Wildman–Crippen MR) is 111 cm³/mol. The summed E-state index contributed by atoms with van der Waals surface area (Å²) < 4.78 is 1.79. The highest BCUT2D eigenvalue weighted by Gasteiger charge is 2.16. The zero-order chi connectivity index (χ0) is 19.3. The minimum absolute atomic E-state index is 0.405. The number of nitrogens with one attached hydrogen (secondary N) is 2. The summed E-state index contributed by atoms with van der Waals surface area (Å²) >= 11 is 0. The number of nitrogens with zero attached hydrogens (tertiary/aromatic N) is 4. The Morgan fingerprint density at radius 3 is 2.50 bits per heavy atom. The monoisotopic (exact) mass is 372 g/mol. The predicted octanol–water partition coefficient (Wildman–Crippen LogP) is 4.84. The number of rotatable bonds is 5. The number of hydrogen-bond acceptors (Lipinski definition) is 5. The summed E-state index contributed by atoms with van der Waals surface area (Å²) in [5.74, 6) is 1.40. The van der Waals surface area contributed by atoms with Crippen LogP contribution >= 0.6 is 0 Å². The van der Waals surface area contributed by atoms with Gasteiger partial charge in [-0.1, -0.05) is 31.4 Å². The molecule has 1 aliphatic carbocycles. The minimum Gasteiger partial charge on any atom is -0.366 e. The lowest BCUT2D eigenvalue weighted by atomic mass is 9.95. The van der Waals surface area contributed by atoms with E-state index in [0.717, 1.165) is 35.5 Å². The molecule has 6 heteroatoms. The summed E-state index contributed by atoms with van der Waals surface area (Å²) in [5.41, 5.74) is 3.74. The summed E-state index contributed by atoms with van der Waals surface area (Å²) in [7, 11) is 1.91. The molecule has 1 fully saturated rings. The number of hydrogen-bond donors (Lipinski definition) is 2. The molecule has 0 unspecified atom stereocenters. The molecule has 2 N–H and O–H groups in total. The van der Waals surface area contributed by atoms with Crippen molar-refractivity contribution in [3.8, 4) is 17.2 Å². The molecule has 2 heterocycles. The summed E-state index contributed by atoms with van der Waals surface area (Å²) in [4.78, 5) is 4.66. The second kappa shape index (κ2) is 8.13. The van der Waals surface area contributed by atoms with Crippen LogP contribution in [0.2, 0.25) is 0 Å². The van der Waals surface area contributed by atoms with E-state index in [0.29, 0.717) is 17.4 Å². The first-order valence-corrected chi connectivity index (χ1v) is 9.75. The van der Waals surface area contributed by atoms with Crippen LogP contribution in [0.3, 0.4) is 0 Å². The van der Waals surface area contributed by atoms with Gasteiger partial charge in [0.05, 0.1) is 11.8 Å². The van der Waals surface area contributed by atoms with Crippen molar-refractivity contribution in [2.75, 3.05) is 10.6 Å². The van der Waals surface area contributed by atoms with Gasteiger partial charge in [0, 0.05) is 30.5 Å². The van der Waals surface area contributed by atoms with Gasteiger partial charge in [0.2, 0.25) is 0 Å². The molecule has 1 aliphatic rings. The summed E-state index contributed by atoms with van der Waals surface area (Å²) in [6.07, 6.45) is 9.90. The second-order valence-corrected chi connectivity index (χ2v) is 7.29. The van der Waals surface area contributed by atoms with Gasteiger partial charge in [0.25, 0.3) is 0 Å².